The van der Waals surface area contributed by atoms with Crippen LogP contribution in [0.4, 0.5) is 4.39 Å². The predicted octanol–water partition coefficient (Wildman–Crippen LogP) is 0.207. The maximum absolute atomic E-state index is 13.8. The second kappa shape index (κ2) is 5.41. The average Bonchev–Trinajstić information content (AvgIpc) is 2.88. The number of hydrogen-bond donors (Lipinski definition) is 1. The summed E-state index contributed by atoms with van der Waals surface area (Å²) in [6, 6.07) is 6.51. The Kier molecular flexibility index (Phi) is 3.47. The Hall–Kier alpha value is -1.86. The second-order valence-electron chi connectivity index (χ2n) is 4.48. The van der Waals surface area contributed by atoms with Gasteiger partial charge in [0.25, 0.3) is 0 Å². The third-order valence-corrected chi connectivity index (χ3v) is 3.19. The van der Waals surface area contributed by atoms with Crippen molar-refractivity contribution >= 4 is 0 Å². The van der Waals surface area contributed by atoms with Crippen LogP contribution < -0.4 is 5.32 Å². The van der Waals surface area contributed by atoms with Crippen LogP contribution in [-0.4, -0.2) is 51.3 Å². The maximum atomic E-state index is 13.8. The Morgan fingerprint density at radius 3 is 2.79 bits per heavy atom. The van der Waals surface area contributed by atoms with Crippen molar-refractivity contribution in [2.45, 2.75) is 6.54 Å². The zero-order valence-electron chi connectivity index (χ0n) is 10.5. The Morgan fingerprint density at radius 2 is 2.00 bits per heavy atom. The van der Waals surface area contributed by atoms with Gasteiger partial charge in [-0.3, -0.25) is 4.90 Å². The average molecular weight is 262 g/mol. The van der Waals surface area contributed by atoms with Gasteiger partial charge in [0.05, 0.1) is 6.54 Å². The van der Waals surface area contributed by atoms with Crippen molar-refractivity contribution in [1.29, 1.82) is 0 Å². The zero-order chi connectivity index (χ0) is 13.1. The molecule has 1 aromatic carbocycles. The first kappa shape index (κ1) is 12.2. The van der Waals surface area contributed by atoms with Crippen LogP contribution >= 0.6 is 0 Å². The van der Waals surface area contributed by atoms with Gasteiger partial charge in [-0.25, -0.2) is 4.39 Å². The van der Waals surface area contributed by atoms with E-state index in [9.17, 15) is 4.39 Å². The second-order valence-corrected chi connectivity index (χ2v) is 4.48. The zero-order valence-corrected chi connectivity index (χ0v) is 10.5. The van der Waals surface area contributed by atoms with Crippen molar-refractivity contribution in [3.8, 4) is 5.69 Å². The van der Waals surface area contributed by atoms with Crippen molar-refractivity contribution in [1.82, 2.24) is 30.4 Å². The molecule has 1 aliphatic rings. The molecular formula is C12H15FN6. The molecule has 0 amide bonds. The van der Waals surface area contributed by atoms with E-state index < -0.39 is 0 Å². The molecule has 0 aliphatic carbocycles. The Bertz CT molecular complexity index is 549. The molecule has 6 nitrogen and oxygen atoms in total. The summed E-state index contributed by atoms with van der Waals surface area (Å²) in [4.78, 5) is 2.25. The van der Waals surface area contributed by atoms with Crippen molar-refractivity contribution < 1.29 is 4.39 Å². The highest BCUT2D eigenvalue weighted by Gasteiger charge is 2.16. The van der Waals surface area contributed by atoms with E-state index in [4.69, 9.17) is 0 Å². The third kappa shape index (κ3) is 2.61. The van der Waals surface area contributed by atoms with Gasteiger partial charge < -0.3 is 5.32 Å². The molecule has 2 heterocycles. The first-order chi connectivity index (χ1) is 9.34. The molecule has 2 aromatic rings. The van der Waals surface area contributed by atoms with Crippen LogP contribution in [-0.2, 0) is 6.54 Å². The highest BCUT2D eigenvalue weighted by Crippen LogP contribution is 2.13. The lowest BCUT2D eigenvalue weighted by Gasteiger charge is -2.26. The number of piperazine rings is 1. The summed E-state index contributed by atoms with van der Waals surface area (Å²) in [6.07, 6.45) is 0. The van der Waals surface area contributed by atoms with E-state index in [1.807, 2.05) is 0 Å². The molecule has 1 N–H and O–H groups in total. The first-order valence-corrected chi connectivity index (χ1v) is 6.30. The largest absolute Gasteiger partial charge is 0.314 e. The number of tetrazole rings is 1. The van der Waals surface area contributed by atoms with E-state index in [2.05, 4.69) is 25.7 Å². The number of halogens is 1. The molecule has 1 aliphatic heterocycles. The number of aromatic nitrogens is 4. The number of rotatable bonds is 3. The van der Waals surface area contributed by atoms with Crippen LogP contribution in [0.5, 0.6) is 0 Å². The van der Waals surface area contributed by atoms with E-state index >= 15 is 0 Å². The van der Waals surface area contributed by atoms with Crippen LogP contribution in [0.1, 0.15) is 5.82 Å². The number of benzene rings is 1. The topological polar surface area (TPSA) is 58.9 Å². The monoisotopic (exact) mass is 262 g/mol. The molecule has 0 spiro atoms. The molecule has 7 heteroatoms. The van der Waals surface area contributed by atoms with Gasteiger partial charge in [0.1, 0.15) is 11.5 Å². The third-order valence-electron chi connectivity index (χ3n) is 3.19. The van der Waals surface area contributed by atoms with Crippen molar-refractivity contribution in [2.24, 2.45) is 0 Å². The number of para-hydroxylation sites is 1. The molecule has 0 saturated carbocycles. The fourth-order valence-electron chi connectivity index (χ4n) is 2.18. The van der Waals surface area contributed by atoms with E-state index in [0.29, 0.717) is 18.1 Å². The van der Waals surface area contributed by atoms with E-state index in [1.54, 1.807) is 18.2 Å². The summed E-state index contributed by atoms with van der Waals surface area (Å²) in [5, 5.41) is 14.8. The van der Waals surface area contributed by atoms with Gasteiger partial charge in [-0.05, 0) is 22.6 Å². The summed E-state index contributed by atoms with van der Waals surface area (Å²) in [5.41, 5.74) is 0.387. The van der Waals surface area contributed by atoms with Gasteiger partial charge in [-0.1, -0.05) is 12.1 Å². The normalized spacial score (nSPS) is 16.7. The highest BCUT2D eigenvalue weighted by atomic mass is 19.1. The summed E-state index contributed by atoms with van der Waals surface area (Å²) in [6.45, 7) is 4.44. The fourth-order valence-corrected chi connectivity index (χ4v) is 2.18. The van der Waals surface area contributed by atoms with Crippen molar-refractivity contribution in [3.63, 3.8) is 0 Å². The summed E-state index contributed by atoms with van der Waals surface area (Å²) in [5.74, 6) is 0.336. The Labute approximate surface area is 110 Å². The molecule has 19 heavy (non-hydrogen) atoms. The van der Waals surface area contributed by atoms with Crippen LogP contribution in [0, 0.1) is 5.82 Å². The maximum Gasteiger partial charge on any atom is 0.170 e. The van der Waals surface area contributed by atoms with Gasteiger partial charge >= 0.3 is 0 Å². The van der Waals surface area contributed by atoms with Crippen molar-refractivity contribution in [2.75, 3.05) is 26.2 Å². The molecule has 3 rings (SSSR count). The van der Waals surface area contributed by atoms with E-state index in [1.165, 1.54) is 10.7 Å². The van der Waals surface area contributed by atoms with Crippen molar-refractivity contribution in [3.05, 3.63) is 35.9 Å². The summed E-state index contributed by atoms with van der Waals surface area (Å²) >= 11 is 0. The lowest BCUT2D eigenvalue weighted by Crippen LogP contribution is -2.43. The molecular weight excluding hydrogens is 247 g/mol. The lowest BCUT2D eigenvalue weighted by molar-refractivity contribution is 0.226. The van der Waals surface area contributed by atoms with E-state index in [-0.39, 0.29) is 5.82 Å². The molecule has 0 unspecified atom stereocenters. The molecule has 0 radical (unpaired) electrons. The van der Waals surface area contributed by atoms with Crippen LogP contribution in [0.15, 0.2) is 24.3 Å². The Morgan fingerprint density at radius 1 is 1.21 bits per heavy atom. The van der Waals surface area contributed by atoms with Gasteiger partial charge in [0, 0.05) is 26.2 Å². The SMILES string of the molecule is Fc1ccccc1-n1nnnc1CN1CCNCC1. The minimum absolute atomic E-state index is 0.323. The number of nitrogens with one attached hydrogen (secondary N) is 1. The molecule has 0 atom stereocenters. The van der Waals surface area contributed by atoms with Gasteiger partial charge in [0.15, 0.2) is 5.82 Å². The van der Waals surface area contributed by atoms with Gasteiger partial charge in [-0.2, -0.15) is 4.68 Å². The number of hydrogen-bond acceptors (Lipinski definition) is 5. The molecule has 1 fully saturated rings. The van der Waals surface area contributed by atoms with Crippen LogP contribution in [0.3, 0.4) is 0 Å². The van der Waals surface area contributed by atoms with Crippen LogP contribution in [0.2, 0.25) is 0 Å². The van der Waals surface area contributed by atoms with Crippen LogP contribution in [0.25, 0.3) is 5.69 Å². The summed E-state index contributed by atoms with van der Waals surface area (Å²) in [7, 11) is 0. The van der Waals surface area contributed by atoms with Gasteiger partial charge in [-0.15, -0.1) is 5.10 Å². The fraction of sp³-hybridized carbons (Fsp3) is 0.417. The lowest BCUT2D eigenvalue weighted by atomic mass is 10.3. The predicted molar refractivity (Wildman–Crippen MR) is 67.3 cm³/mol. The minimum Gasteiger partial charge on any atom is -0.314 e. The van der Waals surface area contributed by atoms with E-state index in [0.717, 1.165) is 26.2 Å². The van der Waals surface area contributed by atoms with Gasteiger partial charge in [0.2, 0.25) is 0 Å². The Balaban J connectivity index is 1.84. The molecule has 0 bridgehead atoms. The quantitative estimate of drug-likeness (QED) is 0.856. The first-order valence-electron chi connectivity index (χ1n) is 6.30. The highest BCUT2D eigenvalue weighted by molar-refractivity contribution is 5.32. The minimum atomic E-state index is -0.323. The smallest absolute Gasteiger partial charge is 0.170 e. The molecule has 1 aromatic heterocycles. The summed E-state index contributed by atoms with van der Waals surface area (Å²) < 4.78 is 15.2. The standard InChI is InChI=1S/C12H15FN6/c13-10-3-1-2-4-11(10)19-12(15-16-17-19)9-18-7-5-14-6-8-18/h1-4,14H,5-9H2. The molecule has 100 valence electrons. The molecule has 1 saturated heterocycles. The number of nitrogens with zero attached hydrogens (tertiary/aromatic N) is 5.